The molecule has 0 unspecified atom stereocenters. The second-order valence-corrected chi connectivity index (χ2v) is 6.15. The number of benzene rings is 2. The van der Waals surface area contributed by atoms with Gasteiger partial charge in [-0.1, -0.05) is 30.3 Å². The lowest BCUT2D eigenvalue weighted by Gasteiger charge is -2.07. The molecule has 0 atom stereocenters. The van der Waals surface area contributed by atoms with Crippen molar-refractivity contribution in [1.82, 2.24) is 10.6 Å². The van der Waals surface area contributed by atoms with Crippen LogP contribution in [-0.4, -0.2) is 43.9 Å². The maximum Gasteiger partial charge on any atom is 0.308 e. The van der Waals surface area contributed by atoms with Gasteiger partial charge in [0, 0.05) is 30.9 Å². The van der Waals surface area contributed by atoms with Crippen LogP contribution in [0.1, 0.15) is 22.3 Å². The molecular formula is C22H23N3O5. The van der Waals surface area contributed by atoms with Crippen molar-refractivity contribution >= 4 is 35.5 Å². The first-order valence-corrected chi connectivity index (χ1v) is 9.26. The van der Waals surface area contributed by atoms with Crippen LogP contribution in [-0.2, 0) is 19.1 Å². The molecule has 8 heteroatoms. The lowest BCUT2D eigenvalue weighted by Crippen LogP contribution is -2.26. The van der Waals surface area contributed by atoms with E-state index in [1.54, 1.807) is 30.3 Å². The van der Waals surface area contributed by atoms with Gasteiger partial charge in [0.15, 0.2) is 6.61 Å². The van der Waals surface area contributed by atoms with Crippen molar-refractivity contribution in [2.75, 3.05) is 25.5 Å². The number of carbonyl (C=O) groups is 4. The van der Waals surface area contributed by atoms with E-state index in [4.69, 9.17) is 4.74 Å². The third-order valence-electron chi connectivity index (χ3n) is 3.88. The Kier molecular flexibility index (Phi) is 8.79. The second-order valence-electron chi connectivity index (χ2n) is 6.15. The number of hydrogen-bond donors (Lipinski definition) is 3. The highest BCUT2D eigenvalue weighted by atomic mass is 16.5. The molecule has 0 spiro atoms. The molecule has 0 radical (unpaired) electrons. The summed E-state index contributed by atoms with van der Waals surface area (Å²) in [6, 6.07) is 15.6. The summed E-state index contributed by atoms with van der Waals surface area (Å²) >= 11 is 0. The van der Waals surface area contributed by atoms with Crippen LogP contribution in [0.2, 0.25) is 0 Å². The predicted octanol–water partition coefficient (Wildman–Crippen LogP) is 1.75. The lowest BCUT2D eigenvalue weighted by molar-refractivity contribution is -0.147. The summed E-state index contributed by atoms with van der Waals surface area (Å²) in [4.78, 5) is 46.7. The van der Waals surface area contributed by atoms with Crippen LogP contribution in [0.3, 0.4) is 0 Å². The van der Waals surface area contributed by atoms with E-state index >= 15 is 0 Å². The average Bonchev–Trinajstić information content (AvgIpc) is 2.77. The molecule has 8 nitrogen and oxygen atoms in total. The van der Waals surface area contributed by atoms with E-state index in [1.807, 2.05) is 30.3 Å². The van der Waals surface area contributed by atoms with Crippen LogP contribution in [0.25, 0.3) is 6.08 Å². The van der Waals surface area contributed by atoms with Gasteiger partial charge in [0.1, 0.15) is 0 Å². The van der Waals surface area contributed by atoms with Crippen LogP contribution in [0.4, 0.5) is 5.69 Å². The molecule has 156 valence electrons. The van der Waals surface area contributed by atoms with E-state index in [-0.39, 0.29) is 24.8 Å². The Morgan fingerprint density at radius 1 is 0.967 bits per heavy atom. The highest BCUT2D eigenvalue weighted by Gasteiger charge is 2.09. The van der Waals surface area contributed by atoms with Gasteiger partial charge in [-0.05, 0) is 35.9 Å². The molecule has 0 fully saturated rings. The van der Waals surface area contributed by atoms with Gasteiger partial charge in [-0.3, -0.25) is 19.2 Å². The first-order valence-electron chi connectivity index (χ1n) is 9.26. The quantitative estimate of drug-likeness (QED) is 0.431. The molecule has 0 saturated carbocycles. The van der Waals surface area contributed by atoms with E-state index in [1.165, 1.54) is 13.1 Å². The third-order valence-corrected chi connectivity index (χ3v) is 3.88. The minimum Gasteiger partial charge on any atom is -0.456 e. The molecule has 2 aromatic carbocycles. The molecule has 2 rings (SSSR count). The summed E-state index contributed by atoms with van der Waals surface area (Å²) in [5.74, 6) is -1.67. The van der Waals surface area contributed by atoms with Gasteiger partial charge in [0.25, 0.3) is 11.8 Å². The van der Waals surface area contributed by atoms with Gasteiger partial charge in [-0.2, -0.15) is 0 Å². The zero-order valence-corrected chi connectivity index (χ0v) is 16.5. The summed E-state index contributed by atoms with van der Waals surface area (Å²) in [7, 11) is 1.53. The molecule has 0 aliphatic carbocycles. The fraction of sp³-hybridized carbons (Fsp3) is 0.182. The molecule has 0 aromatic heterocycles. The predicted molar refractivity (Wildman–Crippen MR) is 113 cm³/mol. The average molecular weight is 409 g/mol. The Morgan fingerprint density at radius 3 is 2.33 bits per heavy atom. The van der Waals surface area contributed by atoms with Crippen LogP contribution in [0.5, 0.6) is 0 Å². The Morgan fingerprint density at radius 2 is 1.67 bits per heavy atom. The van der Waals surface area contributed by atoms with Crippen LogP contribution in [0, 0.1) is 0 Å². The molecule has 0 saturated heterocycles. The van der Waals surface area contributed by atoms with Crippen molar-refractivity contribution in [3.63, 3.8) is 0 Å². The number of esters is 1. The molecule has 30 heavy (non-hydrogen) atoms. The molecule has 3 N–H and O–H groups in total. The Labute approximate surface area is 174 Å². The normalized spacial score (nSPS) is 10.3. The summed E-state index contributed by atoms with van der Waals surface area (Å²) in [6.07, 6.45) is 2.99. The van der Waals surface area contributed by atoms with Crippen LogP contribution >= 0.6 is 0 Å². The van der Waals surface area contributed by atoms with E-state index in [9.17, 15) is 19.2 Å². The topological polar surface area (TPSA) is 114 Å². The van der Waals surface area contributed by atoms with E-state index in [0.29, 0.717) is 11.3 Å². The molecule has 3 amide bonds. The van der Waals surface area contributed by atoms with Gasteiger partial charge in [-0.15, -0.1) is 0 Å². The van der Waals surface area contributed by atoms with Crippen LogP contribution < -0.4 is 16.0 Å². The van der Waals surface area contributed by atoms with Crippen molar-refractivity contribution in [3.8, 4) is 0 Å². The summed E-state index contributed by atoms with van der Waals surface area (Å²) < 4.78 is 4.88. The zero-order valence-electron chi connectivity index (χ0n) is 16.5. The van der Waals surface area contributed by atoms with Crippen molar-refractivity contribution in [2.45, 2.75) is 6.42 Å². The summed E-state index contributed by atoms with van der Waals surface area (Å²) in [5.41, 5.74) is 1.82. The van der Waals surface area contributed by atoms with E-state index < -0.39 is 18.5 Å². The number of rotatable bonds is 9. The Balaban J connectivity index is 1.64. The fourth-order valence-corrected chi connectivity index (χ4v) is 2.35. The smallest absolute Gasteiger partial charge is 0.308 e. The first kappa shape index (κ1) is 22.4. The molecular weight excluding hydrogens is 386 g/mol. The summed E-state index contributed by atoms with van der Waals surface area (Å²) in [6.45, 7) is -0.350. The molecule has 0 heterocycles. The molecule has 2 aromatic rings. The number of anilines is 1. The van der Waals surface area contributed by atoms with Gasteiger partial charge < -0.3 is 20.7 Å². The standard InChI is InChI=1S/C22H23N3O5/c1-23-22(29)17-8-10-18(11-9-17)25-20(27)15-30-21(28)13-14-24-19(26)12-7-16-5-3-2-4-6-16/h2-12H,13-15H2,1H3,(H,23,29)(H,24,26)(H,25,27)/b12-7+. The third kappa shape index (κ3) is 7.97. The molecule has 0 aliphatic rings. The highest BCUT2D eigenvalue weighted by molar-refractivity contribution is 5.96. The highest BCUT2D eigenvalue weighted by Crippen LogP contribution is 2.09. The molecule has 0 aliphatic heterocycles. The van der Waals surface area contributed by atoms with Crippen molar-refractivity contribution in [2.24, 2.45) is 0 Å². The van der Waals surface area contributed by atoms with E-state index in [2.05, 4.69) is 16.0 Å². The second kappa shape index (κ2) is 11.8. The SMILES string of the molecule is CNC(=O)c1ccc(NC(=O)COC(=O)CCNC(=O)/C=C/c2ccccc2)cc1. The van der Waals surface area contributed by atoms with Crippen molar-refractivity contribution < 1.29 is 23.9 Å². The molecule has 0 bridgehead atoms. The van der Waals surface area contributed by atoms with Crippen LogP contribution in [0.15, 0.2) is 60.7 Å². The first-order chi connectivity index (χ1) is 14.5. The number of hydrogen-bond acceptors (Lipinski definition) is 5. The van der Waals surface area contributed by atoms with Gasteiger partial charge in [-0.25, -0.2) is 0 Å². The minimum absolute atomic E-state index is 0.0565. The minimum atomic E-state index is -0.604. The number of amides is 3. The zero-order chi connectivity index (χ0) is 21.8. The Hall–Kier alpha value is -3.94. The monoisotopic (exact) mass is 409 g/mol. The maximum atomic E-state index is 11.8. The lowest BCUT2D eigenvalue weighted by atomic mass is 10.2. The number of carbonyl (C=O) groups excluding carboxylic acids is 4. The maximum absolute atomic E-state index is 11.8. The van der Waals surface area contributed by atoms with Gasteiger partial charge >= 0.3 is 5.97 Å². The van der Waals surface area contributed by atoms with E-state index in [0.717, 1.165) is 5.56 Å². The largest absolute Gasteiger partial charge is 0.456 e. The number of nitrogens with one attached hydrogen (secondary N) is 3. The Bertz CT molecular complexity index is 908. The van der Waals surface area contributed by atoms with Gasteiger partial charge in [0.05, 0.1) is 6.42 Å². The fourth-order valence-electron chi connectivity index (χ4n) is 2.35. The summed E-state index contributed by atoms with van der Waals surface area (Å²) in [5, 5.41) is 7.63. The number of ether oxygens (including phenoxy) is 1. The van der Waals surface area contributed by atoms with Gasteiger partial charge in [0.2, 0.25) is 5.91 Å². The van der Waals surface area contributed by atoms with Crippen molar-refractivity contribution in [1.29, 1.82) is 0 Å². The van der Waals surface area contributed by atoms with Crippen molar-refractivity contribution in [3.05, 3.63) is 71.8 Å².